The Kier molecular flexibility index (Phi) is 5.21. The summed E-state index contributed by atoms with van der Waals surface area (Å²) in [4.78, 5) is 12.0. The predicted molar refractivity (Wildman–Crippen MR) is 111 cm³/mol. The summed E-state index contributed by atoms with van der Waals surface area (Å²) in [7, 11) is 0. The highest BCUT2D eigenvalue weighted by Crippen LogP contribution is 2.35. The molecule has 3 nitrogen and oxygen atoms in total. The monoisotopic (exact) mass is 427 g/mol. The lowest BCUT2D eigenvalue weighted by atomic mass is 10.0. The highest BCUT2D eigenvalue weighted by Gasteiger charge is 2.34. The van der Waals surface area contributed by atoms with Crippen molar-refractivity contribution in [2.45, 2.75) is 32.5 Å². The maximum Gasteiger partial charge on any atom is 0.419 e. The van der Waals surface area contributed by atoms with Crippen LogP contribution in [0.15, 0.2) is 48.5 Å². The van der Waals surface area contributed by atoms with Crippen LogP contribution in [0.4, 0.5) is 17.6 Å². The number of halogens is 4. The molecule has 1 heterocycles. The molecule has 31 heavy (non-hydrogen) atoms. The molecule has 0 aliphatic heterocycles. The van der Waals surface area contributed by atoms with Crippen molar-refractivity contribution < 1.29 is 22.4 Å². The second kappa shape index (κ2) is 7.72. The van der Waals surface area contributed by atoms with Crippen LogP contribution in [0.25, 0.3) is 21.8 Å². The van der Waals surface area contributed by atoms with Gasteiger partial charge in [-0.05, 0) is 42.3 Å². The van der Waals surface area contributed by atoms with Gasteiger partial charge in [-0.1, -0.05) is 37.6 Å². The van der Waals surface area contributed by atoms with Gasteiger partial charge < -0.3 is 10.3 Å². The van der Waals surface area contributed by atoms with Crippen LogP contribution in [0.2, 0.25) is 0 Å². The normalized spacial score (nSPS) is 12.0. The average molecular weight is 427 g/mol. The largest absolute Gasteiger partial charge is 0.419 e. The average Bonchev–Trinajstić information content (AvgIpc) is 3.02. The SMILES string of the molecule is CCCc1c[c]c2c3c(C(N)=O)cccc3n(Cc3cccc(C(F)(F)F)c3F)c2c1. The van der Waals surface area contributed by atoms with Crippen LogP contribution < -0.4 is 5.73 Å². The lowest BCUT2D eigenvalue weighted by molar-refractivity contribution is -0.140. The van der Waals surface area contributed by atoms with Crippen LogP contribution >= 0.6 is 0 Å². The van der Waals surface area contributed by atoms with E-state index in [4.69, 9.17) is 5.73 Å². The fourth-order valence-electron chi connectivity index (χ4n) is 4.00. The molecule has 7 heteroatoms. The summed E-state index contributed by atoms with van der Waals surface area (Å²) >= 11 is 0. The third-order valence-corrected chi connectivity index (χ3v) is 5.37. The molecule has 159 valence electrons. The van der Waals surface area contributed by atoms with Crippen molar-refractivity contribution >= 4 is 27.7 Å². The maximum atomic E-state index is 14.8. The van der Waals surface area contributed by atoms with Crippen LogP contribution in [-0.4, -0.2) is 10.5 Å². The molecule has 0 bridgehead atoms. The number of hydrogen-bond donors (Lipinski definition) is 1. The lowest BCUT2D eigenvalue weighted by Gasteiger charge is -2.13. The van der Waals surface area contributed by atoms with Gasteiger partial charge in [0.15, 0.2) is 0 Å². The zero-order valence-corrected chi connectivity index (χ0v) is 16.7. The Morgan fingerprint density at radius 3 is 2.55 bits per heavy atom. The molecule has 1 aromatic heterocycles. The molecule has 1 amide bonds. The van der Waals surface area contributed by atoms with E-state index < -0.39 is 23.5 Å². The van der Waals surface area contributed by atoms with E-state index in [2.05, 4.69) is 6.07 Å². The minimum absolute atomic E-state index is 0.0982. The van der Waals surface area contributed by atoms with Crippen LogP contribution in [0.3, 0.4) is 0 Å². The number of aromatic nitrogens is 1. The molecule has 3 aromatic carbocycles. The number of benzene rings is 3. The fourth-order valence-corrected chi connectivity index (χ4v) is 4.00. The van der Waals surface area contributed by atoms with Gasteiger partial charge >= 0.3 is 6.18 Å². The minimum Gasteiger partial charge on any atom is -0.366 e. The molecule has 0 saturated carbocycles. The van der Waals surface area contributed by atoms with Crippen molar-refractivity contribution in [1.29, 1.82) is 0 Å². The summed E-state index contributed by atoms with van der Waals surface area (Å²) < 4.78 is 56.0. The maximum absolute atomic E-state index is 14.8. The van der Waals surface area contributed by atoms with E-state index in [1.54, 1.807) is 22.8 Å². The summed E-state index contributed by atoms with van der Waals surface area (Å²) in [5.41, 5.74) is 6.66. The molecular weight excluding hydrogens is 408 g/mol. The van der Waals surface area contributed by atoms with Crippen LogP contribution in [0.1, 0.15) is 40.4 Å². The van der Waals surface area contributed by atoms with E-state index in [1.807, 2.05) is 19.1 Å². The Morgan fingerprint density at radius 2 is 1.87 bits per heavy atom. The van der Waals surface area contributed by atoms with Gasteiger partial charge in [0.25, 0.3) is 0 Å². The first-order chi connectivity index (χ1) is 14.7. The molecule has 0 unspecified atom stereocenters. The molecule has 0 spiro atoms. The van der Waals surface area contributed by atoms with E-state index in [9.17, 15) is 22.4 Å². The smallest absolute Gasteiger partial charge is 0.366 e. The van der Waals surface area contributed by atoms with Crippen LogP contribution in [0, 0.1) is 11.9 Å². The first-order valence-electron chi connectivity index (χ1n) is 9.82. The number of nitrogens with zero attached hydrogens (tertiary/aromatic N) is 1. The summed E-state index contributed by atoms with van der Waals surface area (Å²) in [6, 6.07) is 15.2. The van der Waals surface area contributed by atoms with Gasteiger partial charge in [-0.25, -0.2) is 4.39 Å². The Hall–Kier alpha value is -3.35. The second-order valence-corrected chi connectivity index (χ2v) is 7.44. The highest BCUT2D eigenvalue weighted by molar-refractivity contribution is 6.17. The third-order valence-electron chi connectivity index (χ3n) is 5.37. The van der Waals surface area contributed by atoms with E-state index >= 15 is 0 Å². The molecule has 4 rings (SSSR count). The van der Waals surface area contributed by atoms with Gasteiger partial charge in [-0.15, -0.1) is 0 Å². The molecule has 2 N–H and O–H groups in total. The number of primary amides is 1. The molecule has 1 radical (unpaired) electrons. The van der Waals surface area contributed by atoms with Crippen molar-refractivity contribution in [1.82, 2.24) is 4.57 Å². The number of alkyl halides is 3. The van der Waals surface area contributed by atoms with Crippen molar-refractivity contribution in [2.24, 2.45) is 5.73 Å². The lowest BCUT2D eigenvalue weighted by Crippen LogP contribution is -2.12. The third kappa shape index (κ3) is 3.65. The molecule has 4 aromatic rings. The Morgan fingerprint density at radius 1 is 1.13 bits per heavy atom. The first-order valence-corrected chi connectivity index (χ1v) is 9.82. The number of fused-ring (bicyclic) bond motifs is 3. The summed E-state index contributed by atoms with van der Waals surface area (Å²) in [5.74, 6) is -1.93. The highest BCUT2D eigenvalue weighted by atomic mass is 19.4. The quantitative estimate of drug-likeness (QED) is 0.399. The molecule has 0 aliphatic rings. The molecule has 0 saturated heterocycles. The molecule has 0 fully saturated rings. The molecule has 0 aliphatic carbocycles. The molecular formula is C24H19F4N2O. The zero-order valence-electron chi connectivity index (χ0n) is 16.7. The topological polar surface area (TPSA) is 48.0 Å². The van der Waals surface area contributed by atoms with Crippen molar-refractivity contribution in [2.75, 3.05) is 0 Å². The van der Waals surface area contributed by atoms with Gasteiger partial charge in [-0.2, -0.15) is 13.2 Å². The number of carbonyl (C=O) groups is 1. The van der Waals surface area contributed by atoms with Crippen LogP contribution in [0.5, 0.6) is 0 Å². The van der Waals surface area contributed by atoms with Gasteiger partial charge in [0, 0.05) is 21.9 Å². The second-order valence-electron chi connectivity index (χ2n) is 7.44. The summed E-state index contributed by atoms with van der Waals surface area (Å²) in [5, 5.41) is 1.18. The Labute approximate surface area is 176 Å². The van der Waals surface area contributed by atoms with Gasteiger partial charge in [-0.3, -0.25) is 4.79 Å². The van der Waals surface area contributed by atoms with Crippen molar-refractivity contribution in [3.63, 3.8) is 0 Å². The standard InChI is InChI=1S/C24H19F4N2O/c1-2-5-14-10-11-16-20(12-14)30(19-9-4-7-17(21(16)19)23(29)31)13-15-6-3-8-18(22(15)25)24(26,27)28/h3-4,6-10,12H,2,5,13H2,1H3,(H2,29,31). The summed E-state index contributed by atoms with van der Waals surface area (Å²) in [6.07, 6.45) is -3.11. The van der Waals surface area contributed by atoms with E-state index in [-0.39, 0.29) is 17.7 Å². The fraction of sp³-hybridized carbons (Fsp3) is 0.208. The minimum atomic E-state index is -4.79. The summed E-state index contributed by atoms with van der Waals surface area (Å²) in [6.45, 7) is 1.89. The number of rotatable bonds is 5. The Bertz CT molecular complexity index is 1300. The number of nitrogens with two attached hydrogens (primary N) is 1. The Balaban J connectivity index is 2.00. The first kappa shape index (κ1) is 20.9. The molecule has 0 atom stereocenters. The van der Waals surface area contributed by atoms with E-state index in [0.717, 1.165) is 24.5 Å². The number of carbonyl (C=O) groups excluding carboxylic acids is 1. The van der Waals surface area contributed by atoms with Crippen molar-refractivity contribution in [3.8, 4) is 0 Å². The van der Waals surface area contributed by atoms with E-state index in [1.165, 1.54) is 12.1 Å². The van der Waals surface area contributed by atoms with Crippen LogP contribution in [-0.2, 0) is 19.1 Å². The van der Waals surface area contributed by atoms with E-state index in [0.29, 0.717) is 21.8 Å². The van der Waals surface area contributed by atoms with Gasteiger partial charge in [0.1, 0.15) is 5.82 Å². The predicted octanol–water partition coefficient (Wildman–Crippen LogP) is 5.85. The van der Waals surface area contributed by atoms with Crippen molar-refractivity contribution in [3.05, 3.63) is 82.7 Å². The number of aryl methyl sites for hydroxylation is 1. The number of hydrogen-bond acceptors (Lipinski definition) is 1. The zero-order chi connectivity index (χ0) is 22.3. The number of amides is 1. The van der Waals surface area contributed by atoms with Gasteiger partial charge in [0.05, 0.1) is 23.1 Å². The van der Waals surface area contributed by atoms with Gasteiger partial charge in [0.2, 0.25) is 5.91 Å².